The molecule has 3 nitrogen and oxygen atoms in total. The van der Waals surface area contributed by atoms with E-state index in [1.54, 1.807) is 0 Å². The van der Waals surface area contributed by atoms with Crippen molar-refractivity contribution in [3.63, 3.8) is 0 Å². The van der Waals surface area contributed by atoms with Gasteiger partial charge in [-0.3, -0.25) is 0 Å². The van der Waals surface area contributed by atoms with Gasteiger partial charge >= 0.3 is 12.1 Å². The van der Waals surface area contributed by atoms with Gasteiger partial charge in [-0.1, -0.05) is 0 Å². The zero-order valence-corrected chi connectivity index (χ0v) is 10.6. The summed E-state index contributed by atoms with van der Waals surface area (Å²) in [5.74, 6) is -1.92. The molecule has 0 aromatic heterocycles. The first-order valence-electron chi connectivity index (χ1n) is 5.75. The molecule has 0 aliphatic heterocycles. The summed E-state index contributed by atoms with van der Waals surface area (Å²) in [7, 11) is 0. The molecule has 0 saturated heterocycles. The lowest BCUT2D eigenvalue weighted by Crippen LogP contribution is -2.34. The standard InChI is InChI=1S/C13H13F4NO2/c1-2-18(8-13(15,16)17)11-5-4-10(14)7-9(11)3-6-12(19)20/h3-7H,2,8H2,1H3,(H,19,20). The predicted octanol–water partition coefficient (Wildman–Crippen LogP) is 3.31. The summed E-state index contributed by atoms with van der Waals surface area (Å²) in [6.45, 7) is 0.391. The molecular weight excluding hydrogens is 278 g/mol. The van der Waals surface area contributed by atoms with Crippen LogP contribution in [0.3, 0.4) is 0 Å². The largest absolute Gasteiger partial charge is 0.478 e. The first kappa shape index (κ1) is 16.0. The second kappa shape index (κ2) is 6.40. The fourth-order valence-electron chi connectivity index (χ4n) is 1.69. The van der Waals surface area contributed by atoms with E-state index in [4.69, 9.17) is 5.11 Å². The van der Waals surface area contributed by atoms with Gasteiger partial charge in [0.25, 0.3) is 0 Å². The van der Waals surface area contributed by atoms with E-state index in [0.717, 1.165) is 29.2 Å². The minimum atomic E-state index is -4.40. The Morgan fingerprint density at radius 1 is 1.40 bits per heavy atom. The molecule has 0 aliphatic carbocycles. The Morgan fingerprint density at radius 2 is 2.05 bits per heavy atom. The van der Waals surface area contributed by atoms with E-state index in [1.165, 1.54) is 13.0 Å². The Labute approximate surface area is 113 Å². The highest BCUT2D eigenvalue weighted by molar-refractivity contribution is 5.87. The maximum absolute atomic E-state index is 13.2. The minimum absolute atomic E-state index is 0.0546. The van der Waals surface area contributed by atoms with Gasteiger partial charge in [-0.05, 0) is 31.2 Å². The highest BCUT2D eigenvalue weighted by atomic mass is 19.4. The Bertz CT molecular complexity index is 512. The summed E-state index contributed by atoms with van der Waals surface area (Å²) in [4.78, 5) is 11.5. The molecule has 0 heterocycles. The Hall–Kier alpha value is -2.05. The molecule has 0 radical (unpaired) electrons. The van der Waals surface area contributed by atoms with Gasteiger partial charge in [-0.2, -0.15) is 13.2 Å². The number of carboxylic acid groups (broad SMARTS) is 1. The topological polar surface area (TPSA) is 40.5 Å². The molecule has 0 fully saturated rings. The zero-order chi connectivity index (χ0) is 15.3. The van der Waals surface area contributed by atoms with Gasteiger partial charge in [0.2, 0.25) is 0 Å². The molecule has 1 rings (SSSR count). The molecule has 20 heavy (non-hydrogen) atoms. The molecule has 110 valence electrons. The van der Waals surface area contributed by atoms with Gasteiger partial charge in [0.15, 0.2) is 0 Å². The maximum Gasteiger partial charge on any atom is 0.405 e. The van der Waals surface area contributed by atoms with Crippen LogP contribution in [0.5, 0.6) is 0 Å². The average molecular weight is 291 g/mol. The van der Waals surface area contributed by atoms with Crippen LogP contribution in [-0.4, -0.2) is 30.3 Å². The predicted molar refractivity (Wildman–Crippen MR) is 67.0 cm³/mol. The van der Waals surface area contributed by atoms with E-state index in [9.17, 15) is 22.4 Å². The number of alkyl halides is 3. The number of hydrogen-bond donors (Lipinski definition) is 1. The van der Waals surface area contributed by atoms with Gasteiger partial charge in [0, 0.05) is 23.9 Å². The summed E-state index contributed by atoms with van der Waals surface area (Å²) in [6.07, 6.45) is -2.59. The third kappa shape index (κ3) is 4.91. The minimum Gasteiger partial charge on any atom is -0.478 e. The van der Waals surface area contributed by atoms with Crippen molar-refractivity contribution in [1.82, 2.24) is 0 Å². The summed E-state index contributed by atoms with van der Waals surface area (Å²) < 4.78 is 50.6. The molecule has 1 aromatic rings. The number of carbonyl (C=O) groups is 1. The average Bonchev–Trinajstić information content (AvgIpc) is 2.32. The Morgan fingerprint density at radius 3 is 2.55 bits per heavy atom. The van der Waals surface area contributed by atoms with Crippen molar-refractivity contribution < 1.29 is 27.5 Å². The highest BCUT2D eigenvalue weighted by Crippen LogP contribution is 2.26. The lowest BCUT2D eigenvalue weighted by Gasteiger charge is -2.26. The van der Waals surface area contributed by atoms with Crippen LogP contribution in [0.4, 0.5) is 23.2 Å². The van der Waals surface area contributed by atoms with Crippen molar-refractivity contribution in [2.75, 3.05) is 18.0 Å². The number of benzene rings is 1. The molecule has 0 spiro atoms. The lowest BCUT2D eigenvalue weighted by atomic mass is 10.1. The number of hydrogen-bond acceptors (Lipinski definition) is 2. The van der Waals surface area contributed by atoms with E-state index in [1.807, 2.05) is 0 Å². The fourth-order valence-corrected chi connectivity index (χ4v) is 1.69. The van der Waals surface area contributed by atoms with Crippen molar-refractivity contribution >= 4 is 17.7 Å². The first-order valence-corrected chi connectivity index (χ1v) is 5.75. The van der Waals surface area contributed by atoms with Gasteiger partial charge in [0.1, 0.15) is 12.4 Å². The second-order valence-corrected chi connectivity index (χ2v) is 4.00. The fraction of sp³-hybridized carbons (Fsp3) is 0.308. The van der Waals surface area contributed by atoms with E-state index in [2.05, 4.69) is 0 Å². The summed E-state index contributed by atoms with van der Waals surface area (Å²) in [5, 5.41) is 8.54. The molecule has 0 amide bonds. The van der Waals surface area contributed by atoms with Gasteiger partial charge in [-0.25, -0.2) is 9.18 Å². The smallest absolute Gasteiger partial charge is 0.405 e. The Balaban J connectivity index is 3.17. The van der Waals surface area contributed by atoms with Crippen LogP contribution < -0.4 is 4.90 Å². The van der Waals surface area contributed by atoms with Crippen molar-refractivity contribution in [2.45, 2.75) is 13.1 Å². The van der Waals surface area contributed by atoms with E-state index in [0.29, 0.717) is 0 Å². The third-order valence-corrected chi connectivity index (χ3v) is 2.49. The molecule has 0 bridgehead atoms. The summed E-state index contributed by atoms with van der Waals surface area (Å²) in [5.41, 5.74) is 0.210. The molecule has 0 saturated carbocycles. The number of carboxylic acids is 1. The van der Waals surface area contributed by atoms with E-state index < -0.39 is 24.5 Å². The van der Waals surface area contributed by atoms with Gasteiger partial charge in [-0.15, -0.1) is 0 Å². The summed E-state index contributed by atoms with van der Waals surface area (Å²) in [6, 6.07) is 3.23. The molecule has 7 heteroatoms. The van der Waals surface area contributed by atoms with Crippen LogP contribution in [0.15, 0.2) is 24.3 Å². The molecule has 0 aliphatic rings. The molecule has 1 aromatic carbocycles. The van der Waals surface area contributed by atoms with Crippen molar-refractivity contribution in [3.8, 4) is 0 Å². The van der Waals surface area contributed by atoms with Gasteiger partial charge in [0.05, 0.1) is 0 Å². The molecule has 0 atom stereocenters. The molecule has 1 N–H and O–H groups in total. The van der Waals surface area contributed by atoms with Crippen LogP contribution >= 0.6 is 0 Å². The van der Waals surface area contributed by atoms with Crippen LogP contribution in [0.1, 0.15) is 12.5 Å². The lowest BCUT2D eigenvalue weighted by molar-refractivity contribution is -0.131. The summed E-state index contributed by atoms with van der Waals surface area (Å²) >= 11 is 0. The number of halogens is 4. The van der Waals surface area contributed by atoms with E-state index in [-0.39, 0.29) is 17.8 Å². The number of nitrogens with zero attached hydrogens (tertiary/aromatic N) is 1. The SMILES string of the molecule is CCN(CC(F)(F)F)c1ccc(F)cc1C=CC(=O)O. The zero-order valence-electron chi connectivity index (χ0n) is 10.6. The van der Waals surface area contributed by atoms with Crippen LogP contribution in [0.2, 0.25) is 0 Å². The number of anilines is 1. The van der Waals surface area contributed by atoms with Crippen molar-refractivity contribution in [1.29, 1.82) is 0 Å². The molecule has 0 unspecified atom stereocenters. The third-order valence-electron chi connectivity index (χ3n) is 2.49. The number of rotatable bonds is 5. The molecular formula is C13H13F4NO2. The van der Waals surface area contributed by atoms with Crippen molar-refractivity contribution in [3.05, 3.63) is 35.7 Å². The Kier molecular flexibility index (Phi) is 5.12. The van der Waals surface area contributed by atoms with Gasteiger partial charge < -0.3 is 10.0 Å². The van der Waals surface area contributed by atoms with Crippen LogP contribution in [0.25, 0.3) is 6.08 Å². The second-order valence-electron chi connectivity index (χ2n) is 4.00. The highest BCUT2D eigenvalue weighted by Gasteiger charge is 2.30. The maximum atomic E-state index is 13.2. The quantitative estimate of drug-likeness (QED) is 0.668. The number of aliphatic carboxylic acids is 1. The van der Waals surface area contributed by atoms with Crippen molar-refractivity contribution in [2.24, 2.45) is 0 Å². The monoisotopic (exact) mass is 291 g/mol. The normalized spacial score (nSPS) is 11.8. The van der Waals surface area contributed by atoms with E-state index >= 15 is 0 Å². The first-order chi connectivity index (χ1) is 9.23. The van der Waals surface area contributed by atoms with Crippen LogP contribution in [-0.2, 0) is 4.79 Å². The van der Waals surface area contributed by atoms with Crippen LogP contribution in [0, 0.1) is 5.82 Å².